The number of hydrogen-bond donors (Lipinski definition) is 1. The van der Waals surface area contributed by atoms with E-state index < -0.39 is 11.7 Å². The molecule has 0 bridgehead atoms. The van der Waals surface area contributed by atoms with Gasteiger partial charge in [0.05, 0.1) is 30.1 Å². The first-order chi connectivity index (χ1) is 10.9. The maximum absolute atomic E-state index is 13.2. The molecule has 3 aromatic rings. The van der Waals surface area contributed by atoms with Crippen molar-refractivity contribution in [2.45, 2.75) is 6.18 Å². The molecule has 3 nitrogen and oxygen atoms in total. The van der Waals surface area contributed by atoms with E-state index in [1.165, 1.54) is 19.4 Å². The standard InChI is InChI=1S/C17H13F3N2O/c1-23-11-5-2-4-10(8-11)15-12-6-3-7-13(17(18,19)20)16(12)22-9-14(15)21/h2-9H,21H2,1H3. The minimum absolute atomic E-state index is 0.119. The first-order valence-electron chi connectivity index (χ1n) is 6.80. The van der Waals surface area contributed by atoms with Gasteiger partial charge < -0.3 is 10.5 Å². The predicted octanol–water partition coefficient (Wildman–Crippen LogP) is 4.51. The van der Waals surface area contributed by atoms with Crippen molar-refractivity contribution in [1.29, 1.82) is 0 Å². The van der Waals surface area contributed by atoms with Crippen LogP contribution in [-0.4, -0.2) is 12.1 Å². The zero-order valence-corrected chi connectivity index (χ0v) is 12.2. The van der Waals surface area contributed by atoms with E-state index in [9.17, 15) is 13.2 Å². The molecule has 0 radical (unpaired) electrons. The molecule has 6 heteroatoms. The fraction of sp³-hybridized carbons (Fsp3) is 0.118. The zero-order valence-electron chi connectivity index (χ0n) is 12.2. The first kappa shape index (κ1) is 15.1. The van der Waals surface area contributed by atoms with Crippen molar-refractivity contribution in [3.05, 3.63) is 54.2 Å². The fourth-order valence-electron chi connectivity index (χ4n) is 2.57. The molecule has 1 aromatic heterocycles. The molecule has 0 fully saturated rings. The Morgan fingerprint density at radius 3 is 2.52 bits per heavy atom. The molecule has 0 aliphatic heterocycles. The quantitative estimate of drug-likeness (QED) is 0.756. The van der Waals surface area contributed by atoms with Gasteiger partial charge in [-0.05, 0) is 23.8 Å². The number of nitrogen functional groups attached to an aromatic ring is 1. The molecule has 0 aliphatic rings. The third-order valence-corrected chi connectivity index (χ3v) is 3.59. The summed E-state index contributed by atoms with van der Waals surface area (Å²) >= 11 is 0. The number of para-hydroxylation sites is 1. The van der Waals surface area contributed by atoms with Crippen molar-refractivity contribution < 1.29 is 17.9 Å². The van der Waals surface area contributed by atoms with Crippen LogP contribution in [0.5, 0.6) is 5.75 Å². The Labute approximate surface area is 130 Å². The van der Waals surface area contributed by atoms with Crippen LogP contribution in [0.1, 0.15) is 5.56 Å². The van der Waals surface area contributed by atoms with Crippen molar-refractivity contribution in [2.24, 2.45) is 0 Å². The van der Waals surface area contributed by atoms with Gasteiger partial charge in [0.15, 0.2) is 0 Å². The molecule has 2 aromatic carbocycles. The molecule has 0 atom stereocenters. The van der Waals surface area contributed by atoms with E-state index in [1.54, 1.807) is 30.3 Å². The highest BCUT2D eigenvalue weighted by Gasteiger charge is 2.33. The molecule has 3 rings (SSSR count). The molecule has 0 amide bonds. The summed E-state index contributed by atoms with van der Waals surface area (Å²) in [7, 11) is 1.52. The van der Waals surface area contributed by atoms with Gasteiger partial charge in [-0.1, -0.05) is 24.3 Å². The van der Waals surface area contributed by atoms with Crippen LogP contribution in [0.4, 0.5) is 18.9 Å². The number of pyridine rings is 1. The molecule has 118 valence electrons. The second kappa shape index (κ2) is 5.46. The van der Waals surface area contributed by atoms with Gasteiger partial charge in [0.1, 0.15) is 5.75 Å². The Morgan fingerprint density at radius 2 is 1.83 bits per heavy atom. The molecule has 0 spiro atoms. The average molecular weight is 318 g/mol. The van der Waals surface area contributed by atoms with E-state index in [-0.39, 0.29) is 5.52 Å². The van der Waals surface area contributed by atoms with Crippen molar-refractivity contribution >= 4 is 16.6 Å². The Kier molecular flexibility index (Phi) is 3.60. The smallest absolute Gasteiger partial charge is 0.418 e. The van der Waals surface area contributed by atoms with E-state index in [2.05, 4.69) is 4.98 Å². The molecular formula is C17H13F3N2O. The molecular weight excluding hydrogens is 305 g/mol. The highest BCUT2D eigenvalue weighted by Crippen LogP contribution is 2.39. The van der Waals surface area contributed by atoms with E-state index in [0.29, 0.717) is 28.0 Å². The maximum Gasteiger partial charge on any atom is 0.418 e. The lowest BCUT2D eigenvalue weighted by molar-refractivity contribution is -0.136. The Morgan fingerprint density at radius 1 is 1.09 bits per heavy atom. The van der Waals surface area contributed by atoms with E-state index in [1.807, 2.05) is 0 Å². The van der Waals surface area contributed by atoms with Gasteiger partial charge in [-0.3, -0.25) is 4.98 Å². The molecule has 0 saturated heterocycles. The summed E-state index contributed by atoms with van der Waals surface area (Å²) in [6.45, 7) is 0. The van der Waals surface area contributed by atoms with E-state index in [4.69, 9.17) is 10.5 Å². The van der Waals surface area contributed by atoms with Crippen molar-refractivity contribution in [1.82, 2.24) is 4.98 Å². The predicted molar refractivity (Wildman–Crippen MR) is 83.1 cm³/mol. The third-order valence-electron chi connectivity index (χ3n) is 3.59. The Bertz CT molecular complexity index is 875. The molecule has 1 heterocycles. The van der Waals surface area contributed by atoms with E-state index >= 15 is 0 Å². The lowest BCUT2D eigenvalue weighted by Crippen LogP contribution is -2.07. The number of rotatable bonds is 2. The molecule has 2 N–H and O–H groups in total. The number of methoxy groups -OCH3 is 1. The number of alkyl halides is 3. The second-order valence-electron chi connectivity index (χ2n) is 5.02. The first-order valence-corrected chi connectivity index (χ1v) is 6.80. The number of hydrogen-bond acceptors (Lipinski definition) is 3. The number of anilines is 1. The Hall–Kier alpha value is -2.76. The zero-order chi connectivity index (χ0) is 16.6. The minimum Gasteiger partial charge on any atom is -0.497 e. The highest BCUT2D eigenvalue weighted by molar-refractivity contribution is 6.01. The number of halogens is 3. The second-order valence-corrected chi connectivity index (χ2v) is 5.02. The van der Waals surface area contributed by atoms with Crippen LogP contribution >= 0.6 is 0 Å². The number of ether oxygens (including phenoxy) is 1. The van der Waals surface area contributed by atoms with Crippen LogP contribution in [-0.2, 0) is 6.18 Å². The monoisotopic (exact) mass is 318 g/mol. The summed E-state index contributed by atoms with van der Waals surface area (Å²) in [6, 6.07) is 11.0. The summed E-state index contributed by atoms with van der Waals surface area (Å²) < 4.78 is 44.7. The summed E-state index contributed by atoms with van der Waals surface area (Å²) in [5.74, 6) is 0.596. The average Bonchev–Trinajstić information content (AvgIpc) is 2.53. The SMILES string of the molecule is COc1cccc(-c2c(N)cnc3c(C(F)(F)F)cccc23)c1. The van der Waals surface area contributed by atoms with Gasteiger partial charge in [0, 0.05) is 10.9 Å². The summed E-state index contributed by atoms with van der Waals surface area (Å²) in [5, 5.41) is 0.355. The van der Waals surface area contributed by atoms with Gasteiger partial charge in [-0.15, -0.1) is 0 Å². The fourth-order valence-corrected chi connectivity index (χ4v) is 2.57. The lowest BCUT2D eigenvalue weighted by Gasteiger charge is -2.14. The third kappa shape index (κ3) is 2.67. The van der Waals surface area contributed by atoms with Gasteiger partial charge in [0.25, 0.3) is 0 Å². The number of fused-ring (bicyclic) bond motifs is 1. The van der Waals surface area contributed by atoms with Crippen LogP contribution in [0.15, 0.2) is 48.7 Å². The Balaban J connectivity index is 2.34. The van der Waals surface area contributed by atoms with Crippen molar-refractivity contribution in [2.75, 3.05) is 12.8 Å². The molecule has 0 aliphatic carbocycles. The number of nitrogens with zero attached hydrogens (tertiary/aromatic N) is 1. The van der Waals surface area contributed by atoms with Gasteiger partial charge >= 0.3 is 6.18 Å². The normalized spacial score (nSPS) is 11.7. The summed E-state index contributed by atoms with van der Waals surface area (Å²) in [4.78, 5) is 3.90. The van der Waals surface area contributed by atoms with Crippen LogP contribution in [0.25, 0.3) is 22.0 Å². The molecule has 0 saturated carbocycles. The lowest BCUT2D eigenvalue weighted by atomic mass is 9.97. The van der Waals surface area contributed by atoms with E-state index in [0.717, 1.165) is 6.07 Å². The topological polar surface area (TPSA) is 48.1 Å². The van der Waals surface area contributed by atoms with Gasteiger partial charge in [0.2, 0.25) is 0 Å². The number of nitrogens with two attached hydrogens (primary N) is 1. The van der Waals surface area contributed by atoms with Crippen LogP contribution in [0.2, 0.25) is 0 Å². The molecule has 0 unspecified atom stereocenters. The van der Waals surface area contributed by atoms with Crippen LogP contribution < -0.4 is 10.5 Å². The summed E-state index contributed by atoms with van der Waals surface area (Å²) in [6.07, 6.45) is -3.22. The largest absolute Gasteiger partial charge is 0.497 e. The molecule has 23 heavy (non-hydrogen) atoms. The van der Waals surface area contributed by atoms with Crippen LogP contribution in [0.3, 0.4) is 0 Å². The van der Waals surface area contributed by atoms with Crippen molar-refractivity contribution in [3.8, 4) is 16.9 Å². The van der Waals surface area contributed by atoms with Crippen LogP contribution in [0, 0.1) is 0 Å². The van der Waals surface area contributed by atoms with Gasteiger partial charge in [-0.25, -0.2) is 0 Å². The number of aromatic nitrogens is 1. The number of benzene rings is 2. The van der Waals surface area contributed by atoms with Gasteiger partial charge in [-0.2, -0.15) is 13.2 Å². The van der Waals surface area contributed by atoms with Crippen molar-refractivity contribution in [3.63, 3.8) is 0 Å². The summed E-state index contributed by atoms with van der Waals surface area (Å²) in [5.41, 5.74) is 6.59. The highest BCUT2D eigenvalue weighted by atomic mass is 19.4. The minimum atomic E-state index is -4.48. The maximum atomic E-state index is 13.2.